The Morgan fingerprint density at radius 3 is 2.47 bits per heavy atom. The SMILES string of the molecule is CCC1(CC)CC(C)(C)c2cccc(N)c2O1. The Morgan fingerprint density at radius 1 is 1.24 bits per heavy atom. The van der Waals surface area contributed by atoms with Crippen LogP contribution in [0, 0.1) is 0 Å². The number of hydrogen-bond donors (Lipinski definition) is 1. The van der Waals surface area contributed by atoms with E-state index in [1.54, 1.807) is 0 Å². The van der Waals surface area contributed by atoms with Crippen molar-refractivity contribution in [3.63, 3.8) is 0 Å². The Labute approximate surface area is 104 Å². The lowest BCUT2D eigenvalue weighted by Crippen LogP contribution is -2.45. The molecule has 94 valence electrons. The number of rotatable bonds is 2. The van der Waals surface area contributed by atoms with Gasteiger partial charge in [0.1, 0.15) is 11.4 Å². The van der Waals surface area contributed by atoms with Crippen molar-refractivity contribution in [2.75, 3.05) is 5.73 Å². The highest BCUT2D eigenvalue weighted by Gasteiger charge is 2.43. The minimum absolute atomic E-state index is 0.0496. The fourth-order valence-corrected chi connectivity index (χ4v) is 3.00. The lowest BCUT2D eigenvalue weighted by atomic mass is 9.71. The normalized spacial score (nSPS) is 20.5. The van der Waals surface area contributed by atoms with Crippen LogP contribution in [0.2, 0.25) is 0 Å². The van der Waals surface area contributed by atoms with Crippen LogP contribution in [0.4, 0.5) is 5.69 Å². The first kappa shape index (κ1) is 12.3. The van der Waals surface area contributed by atoms with Crippen molar-refractivity contribution in [1.82, 2.24) is 0 Å². The molecule has 0 amide bonds. The molecule has 2 nitrogen and oxygen atoms in total. The zero-order chi connectivity index (χ0) is 12.7. The number of benzene rings is 1. The summed E-state index contributed by atoms with van der Waals surface area (Å²) in [6, 6.07) is 6.08. The standard InChI is InChI=1S/C15H23NO/c1-5-15(6-2)10-14(3,4)11-8-7-9-12(16)13(11)17-15/h7-9H,5-6,10,16H2,1-4H3. The van der Waals surface area contributed by atoms with Gasteiger partial charge in [0.15, 0.2) is 0 Å². The molecule has 1 aliphatic rings. The van der Waals surface area contributed by atoms with Gasteiger partial charge in [-0.1, -0.05) is 39.8 Å². The topological polar surface area (TPSA) is 35.2 Å². The Kier molecular flexibility index (Phi) is 2.84. The van der Waals surface area contributed by atoms with E-state index in [2.05, 4.69) is 33.8 Å². The number of hydrogen-bond acceptors (Lipinski definition) is 2. The van der Waals surface area contributed by atoms with Crippen LogP contribution in [0.3, 0.4) is 0 Å². The van der Waals surface area contributed by atoms with Crippen LogP contribution >= 0.6 is 0 Å². The maximum atomic E-state index is 6.26. The lowest BCUT2D eigenvalue weighted by molar-refractivity contribution is 0.0126. The van der Waals surface area contributed by atoms with Crippen LogP contribution in [0.15, 0.2) is 18.2 Å². The summed E-state index contributed by atoms with van der Waals surface area (Å²) in [5.41, 5.74) is 8.16. The molecule has 0 bridgehead atoms. The molecule has 0 spiro atoms. The van der Waals surface area contributed by atoms with E-state index in [0.29, 0.717) is 0 Å². The molecule has 1 heterocycles. The highest BCUT2D eigenvalue weighted by Crippen LogP contribution is 2.49. The van der Waals surface area contributed by atoms with Gasteiger partial charge < -0.3 is 10.5 Å². The van der Waals surface area contributed by atoms with Crippen LogP contribution in [0.5, 0.6) is 5.75 Å². The lowest BCUT2D eigenvalue weighted by Gasteiger charge is -2.46. The van der Waals surface area contributed by atoms with Gasteiger partial charge >= 0.3 is 0 Å². The van der Waals surface area contributed by atoms with E-state index in [1.165, 1.54) is 5.56 Å². The van der Waals surface area contributed by atoms with Gasteiger partial charge in [0.25, 0.3) is 0 Å². The van der Waals surface area contributed by atoms with E-state index in [4.69, 9.17) is 10.5 Å². The third kappa shape index (κ3) is 1.90. The molecule has 1 aromatic rings. The van der Waals surface area contributed by atoms with Gasteiger partial charge in [-0.25, -0.2) is 0 Å². The predicted molar refractivity (Wildman–Crippen MR) is 72.4 cm³/mol. The van der Waals surface area contributed by atoms with Gasteiger partial charge in [0, 0.05) is 5.56 Å². The fraction of sp³-hybridized carbons (Fsp3) is 0.600. The van der Waals surface area contributed by atoms with Crippen LogP contribution < -0.4 is 10.5 Å². The first-order valence-corrected chi connectivity index (χ1v) is 6.52. The van der Waals surface area contributed by atoms with E-state index in [0.717, 1.165) is 30.7 Å². The van der Waals surface area contributed by atoms with Gasteiger partial charge in [0.05, 0.1) is 5.69 Å². The molecular weight excluding hydrogens is 210 g/mol. The second-order valence-electron chi connectivity index (χ2n) is 5.78. The van der Waals surface area contributed by atoms with Gasteiger partial charge in [-0.3, -0.25) is 0 Å². The van der Waals surface area contributed by atoms with Crippen LogP contribution in [0.1, 0.15) is 52.5 Å². The number of nitrogen functional groups attached to an aromatic ring is 1. The van der Waals surface area contributed by atoms with E-state index in [1.807, 2.05) is 12.1 Å². The first-order chi connectivity index (χ1) is 7.94. The summed E-state index contributed by atoms with van der Waals surface area (Å²) in [6.45, 7) is 8.97. The first-order valence-electron chi connectivity index (χ1n) is 6.52. The number of nitrogens with two attached hydrogens (primary N) is 1. The number of fused-ring (bicyclic) bond motifs is 1. The summed E-state index contributed by atoms with van der Waals surface area (Å²) in [7, 11) is 0. The van der Waals surface area contributed by atoms with Gasteiger partial charge in [-0.15, -0.1) is 0 Å². The highest BCUT2D eigenvalue weighted by molar-refractivity contribution is 5.60. The van der Waals surface area contributed by atoms with Gasteiger partial charge in [0.2, 0.25) is 0 Å². The maximum absolute atomic E-state index is 6.26. The second kappa shape index (κ2) is 3.94. The van der Waals surface area contributed by atoms with Crippen LogP contribution in [0.25, 0.3) is 0 Å². The molecule has 0 unspecified atom stereocenters. The molecule has 0 aliphatic carbocycles. The largest absolute Gasteiger partial charge is 0.485 e. The number of ether oxygens (including phenoxy) is 1. The smallest absolute Gasteiger partial charge is 0.146 e. The zero-order valence-corrected chi connectivity index (χ0v) is 11.3. The molecule has 17 heavy (non-hydrogen) atoms. The Balaban J connectivity index is 2.55. The average molecular weight is 233 g/mol. The molecule has 1 aromatic carbocycles. The highest BCUT2D eigenvalue weighted by atomic mass is 16.5. The molecule has 0 saturated carbocycles. The summed E-state index contributed by atoms with van der Waals surface area (Å²) < 4.78 is 6.26. The fourth-order valence-electron chi connectivity index (χ4n) is 3.00. The molecule has 0 atom stereocenters. The molecule has 2 heteroatoms. The molecule has 2 rings (SSSR count). The van der Waals surface area contributed by atoms with Crippen molar-refractivity contribution in [2.24, 2.45) is 0 Å². The number of para-hydroxylation sites is 1. The second-order valence-corrected chi connectivity index (χ2v) is 5.78. The summed E-state index contributed by atoms with van der Waals surface area (Å²) in [5.74, 6) is 0.910. The Bertz CT molecular complexity index is 419. The summed E-state index contributed by atoms with van der Waals surface area (Å²) in [6.07, 6.45) is 3.12. The Morgan fingerprint density at radius 2 is 1.88 bits per heavy atom. The maximum Gasteiger partial charge on any atom is 0.146 e. The summed E-state index contributed by atoms with van der Waals surface area (Å²) >= 11 is 0. The van der Waals surface area contributed by atoms with Crippen molar-refractivity contribution in [3.8, 4) is 5.75 Å². The van der Waals surface area contributed by atoms with E-state index in [9.17, 15) is 0 Å². The van der Waals surface area contributed by atoms with E-state index < -0.39 is 0 Å². The van der Waals surface area contributed by atoms with Crippen molar-refractivity contribution in [2.45, 2.75) is 58.0 Å². The van der Waals surface area contributed by atoms with Crippen molar-refractivity contribution < 1.29 is 4.74 Å². The van der Waals surface area contributed by atoms with Crippen LogP contribution in [-0.4, -0.2) is 5.60 Å². The molecule has 1 aliphatic heterocycles. The third-order valence-corrected chi connectivity index (χ3v) is 4.15. The third-order valence-electron chi connectivity index (χ3n) is 4.15. The monoisotopic (exact) mass is 233 g/mol. The minimum atomic E-state index is -0.0496. The Hall–Kier alpha value is -1.18. The van der Waals surface area contributed by atoms with Crippen molar-refractivity contribution >= 4 is 5.69 Å². The molecular formula is C15H23NO. The average Bonchev–Trinajstić information content (AvgIpc) is 2.29. The number of anilines is 1. The van der Waals surface area contributed by atoms with Crippen LogP contribution in [-0.2, 0) is 5.41 Å². The van der Waals surface area contributed by atoms with Gasteiger partial charge in [-0.2, -0.15) is 0 Å². The quantitative estimate of drug-likeness (QED) is 0.787. The molecule has 0 radical (unpaired) electrons. The molecule has 2 N–H and O–H groups in total. The summed E-state index contributed by atoms with van der Waals surface area (Å²) in [4.78, 5) is 0. The van der Waals surface area contributed by atoms with Crippen molar-refractivity contribution in [1.29, 1.82) is 0 Å². The molecule has 0 aromatic heterocycles. The van der Waals surface area contributed by atoms with Gasteiger partial charge in [-0.05, 0) is 30.7 Å². The summed E-state index contributed by atoms with van der Waals surface area (Å²) in [5, 5.41) is 0. The van der Waals surface area contributed by atoms with Crippen molar-refractivity contribution in [3.05, 3.63) is 23.8 Å². The zero-order valence-electron chi connectivity index (χ0n) is 11.3. The minimum Gasteiger partial charge on any atom is -0.485 e. The van der Waals surface area contributed by atoms with E-state index >= 15 is 0 Å². The predicted octanol–water partition coefficient (Wildman–Crippen LogP) is 3.89. The van der Waals surface area contributed by atoms with E-state index in [-0.39, 0.29) is 11.0 Å². The molecule has 0 saturated heterocycles. The molecule has 0 fully saturated rings.